The van der Waals surface area contributed by atoms with Crippen LogP contribution in [0.1, 0.15) is 72.4 Å². The normalized spacial score (nSPS) is 20.8. The number of carboxylic acids is 1. The zero-order chi connectivity index (χ0) is 27.8. The SMILES string of the molecule is COc1ccc(CN2CCc3c(sc(NC4CCCCO4)c3C(=O)O)C2CN2C(=O)c3ccccc3C2=O)cc1. The number of thiophene rings is 1. The van der Waals surface area contributed by atoms with E-state index in [9.17, 15) is 19.5 Å². The summed E-state index contributed by atoms with van der Waals surface area (Å²) in [6.07, 6.45) is 3.13. The van der Waals surface area contributed by atoms with Crippen LogP contribution in [0, 0.1) is 0 Å². The van der Waals surface area contributed by atoms with Crippen molar-refractivity contribution in [2.75, 3.05) is 32.1 Å². The number of amides is 2. The van der Waals surface area contributed by atoms with Crippen molar-refractivity contribution in [1.82, 2.24) is 9.80 Å². The molecule has 2 unspecified atom stereocenters. The highest BCUT2D eigenvalue weighted by molar-refractivity contribution is 7.16. The zero-order valence-electron chi connectivity index (χ0n) is 22.2. The summed E-state index contributed by atoms with van der Waals surface area (Å²) in [5.41, 5.74) is 2.90. The molecule has 3 aromatic rings. The zero-order valence-corrected chi connectivity index (χ0v) is 23.0. The first-order chi connectivity index (χ1) is 19.4. The minimum Gasteiger partial charge on any atom is -0.497 e. The van der Waals surface area contributed by atoms with Gasteiger partial charge in [-0.15, -0.1) is 11.3 Å². The van der Waals surface area contributed by atoms with Gasteiger partial charge in [0.15, 0.2) is 0 Å². The summed E-state index contributed by atoms with van der Waals surface area (Å²) < 4.78 is 11.2. The maximum atomic E-state index is 13.3. The van der Waals surface area contributed by atoms with Crippen LogP contribution in [0.2, 0.25) is 0 Å². The predicted molar refractivity (Wildman–Crippen MR) is 150 cm³/mol. The first-order valence-corrected chi connectivity index (χ1v) is 14.4. The van der Waals surface area contributed by atoms with E-state index in [-0.39, 0.29) is 36.2 Å². The van der Waals surface area contributed by atoms with E-state index in [4.69, 9.17) is 9.47 Å². The smallest absolute Gasteiger partial charge is 0.338 e. The number of aromatic carboxylic acids is 1. The van der Waals surface area contributed by atoms with E-state index < -0.39 is 5.97 Å². The Labute approximate surface area is 236 Å². The standard InChI is InChI=1S/C30H31N3O6S/c1-38-19-11-9-18(10-12-19)16-32-14-13-22-25(30(36)37)27(31-24-8-4-5-15-39-24)40-26(22)23(32)17-33-28(34)20-6-2-3-7-21(20)29(33)35/h2-3,6-7,9-12,23-24,31H,4-5,8,13-17H2,1H3,(H,36,37). The van der Waals surface area contributed by atoms with Crippen molar-refractivity contribution in [2.45, 2.75) is 44.5 Å². The molecule has 10 heteroatoms. The van der Waals surface area contributed by atoms with Crippen LogP contribution in [0.5, 0.6) is 5.75 Å². The molecule has 4 heterocycles. The van der Waals surface area contributed by atoms with Gasteiger partial charge in [0.25, 0.3) is 11.8 Å². The maximum absolute atomic E-state index is 13.3. The van der Waals surface area contributed by atoms with Gasteiger partial charge in [-0.25, -0.2) is 4.79 Å². The van der Waals surface area contributed by atoms with Gasteiger partial charge in [0.05, 0.1) is 29.8 Å². The van der Waals surface area contributed by atoms with E-state index in [1.807, 2.05) is 24.3 Å². The van der Waals surface area contributed by atoms with Crippen LogP contribution in [0.3, 0.4) is 0 Å². The minimum atomic E-state index is -0.987. The number of carbonyl (C=O) groups excluding carboxylic acids is 2. The maximum Gasteiger partial charge on any atom is 0.338 e. The molecule has 2 atom stereocenters. The molecule has 3 aliphatic rings. The first kappa shape index (κ1) is 26.5. The molecule has 2 aromatic carbocycles. The third kappa shape index (κ3) is 4.87. The quantitative estimate of drug-likeness (QED) is 0.378. The van der Waals surface area contributed by atoms with Gasteiger partial charge < -0.3 is 19.9 Å². The Bertz CT molecular complexity index is 1410. The summed E-state index contributed by atoms with van der Waals surface area (Å²) in [5, 5.41) is 14.2. The van der Waals surface area contributed by atoms with Gasteiger partial charge in [-0.2, -0.15) is 0 Å². The number of carbonyl (C=O) groups is 3. The number of imide groups is 1. The molecule has 1 aromatic heterocycles. The molecule has 40 heavy (non-hydrogen) atoms. The van der Waals surface area contributed by atoms with Crippen molar-refractivity contribution in [2.24, 2.45) is 0 Å². The number of fused-ring (bicyclic) bond motifs is 2. The van der Waals surface area contributed by atoms with E-state index >= 15 is 0 Å². The average Bonchev–Trinajstić information content (AvgIpc) is 3.45. The molecule has 208 valence electrons. The number of hydrogen-bond acceptors (Lipinski definition) is 8. The summed E-state index contributed by atoms with van der Waals surface area (Å²) in [6, 6.07) is 14.3. The van der Waals surface area contributed by atoms with Gasteiger partial charge in [0.2, 0.25) is 0 Å². The molecule has 1 fully saturated rings. The summed E-state index contributed by atoms with van der Waals surface area (Å²) in [4.78, 5) is 43.6. The van der Waals surface area contributed by atoms with Crippen LogP contribution in [-0.2, 0) is 17.7 Å². The molecule has 1 saturated heterocycles. The minimum absolute atomic E-state index is 0.133. The first-order valence-electron chi connectivity index (χ1n) is 13.5. The Morgan fingerprint density at radius 3 is 2.45 bits per heavy atom. The van der Waals surface area contributed by atoms with Gasteiger partial charge in [-0.3, -0.25) is 19.4 Å². The van der Waals surface area contributed by atoms with Gasteiger partial charge >= 0.3 is 5.97 Å². The van der Waals surface area contributed by atoms with Crippen molar-refractivity contribution in [3.63, 3.8) is 0 Å². The highest BCUT2D eigenvalue weighted by Crippen LogP contribution is 2.44. The molecule has 0 spiro atoms. The molecule has 6 rings (SSSR count). The summed E-state index contributed by atoms with van der Waals surface area (Å²) >= 11 is 1.40. The molecule has 0 aliphatic carbocycles. The topological polar surface area (TPSA) is 108 Å². The highest BCUT2D eigenvalue weighted by atomic mass is 32.1. The summed E-state index contributed by atoms with van der Waals surface area (Å²) in [7, 11) is 1.63. The van der Waals surface area contributed by atoms with Crippen LogP contribution in [0.4, 0.5) is 5.00 Å². The van der Waals surface area contributed by atoms with E-state index in [2.05, 4.69) is 10.2 Å². The second-order valence-corrected chi connectivity index (χ2v) is 11.4. The Morgan fingerprint density at radius 1 is 1.10 bits per heavy atom. The Morgan fingerprint density at radius 2 is 1.82 bits per heavy atom. The Hall–Kier alpha value is -3.73. The number of rotatable bonds is 8. The lowest BCUT2D eigenvalue weighted by atomic mass is 9.96. The molecule has 3 aliphatic heterocycles. The largest absolute Gasteiger partial charge is 0.497 e. The molecule has 2 amide bonds. The molecular weight excluding hydrogens is 530 g/mol. The van der Waals surface area contributed by atoms with Crippen molar-refractivity contribution < 1.29 is 29.0 Å². The second kappa shape index (κ2) is 11.0. The lowest BCUT2D eigenvalue weighted by Crippen LogP contribution is -2.43. The second-order valence-electron chi connectivity index (χ2n) is 10.3. The average molecular weight is 562 g/mol. The van der Waals surface area contributed by atoms with Gasteiger partial charge in [0.1, 0.15) is 17.0 Å². The van der Waals surface area contributed by atoms with Crippen LogP contribution in [0.15, 0.2) is 48.5 Å². The number of hydrogen-bond donors (Lipinski definition) is 2. The van der Waals surface area contributed by atoms with Crippen LogP contribution in [-0.4, -0.2) is 65.7 Å². The molecule has 0 radical (unpaired) electrons. The molecule has 9 nitrogen and oxygen atoms in total. The Kier molecular flexibility index (Phi) is 7.31. The fourth-order valence-corrected chi connectivity index (χ4v) is 7.25. The van der Waals surface area contributed by atoms with Crippen LogP contribution in [0.25, 0.3) is 0 Å². The van der Waals surface area contributed by atoms with Crippen molar-refractivity contribution in [3.8, 4) is 5.75 Å². The van der Waals surface area contributed by atoms with E-state index in [0.29, 0.717) is 42.2 Å². The van der Waals surface area contributed by atoms with Crippen molar-refractivity contribution in [1.29, 1.82) is 0 Å². The molecule has 0 bridgehead atoms. The van der Waals surface area contributed by atoms with E-state index in [1.54, 1.807) is 31.4 Å². The number of benzene rings is 2. The number of carboxylic acid groups (broad SMARTS) is 1. The van der Waals surface area contributed by atoms with E-state index in [1.165, 1.54) is 16.2 Å². The van der Waals surface area contributed by atoms with Crippen LogP contribution >= 0.6 is 11.3 Å². The number of nitrogens with zero attached hydrogens (tertiary/aromatic N) is 2. The van der Waals surface area contributed by atoms with Crippen molar-refractivity contribution in [3.05, 3.63) is 81.2 Å². The monoisotopic (exact) mass is 561 g/mol. The highest BCUT2D eigenvalue weighted by Gasteiger charge is 2.41. The molecule has 0 saturated carbocycles. The number of ether oxygens (including phenoxy) is 2. The number of methoxy groups -OCH3 is 1. The summed E-state index contributed by atoms with van der Waals surface area (Å²) in [5.74, 6) is -0.863. The van der Waals surface area contributed by atoms with Gasteiger partial charge in [-0.1, -0.05) is 24.3 Å². The lowest BCUT2D eigenvalue weighted by Gasteiger charge is -2.37. The summed E-state index contributed by atoms with van der Waals surface area (Å²) in [6.45, 7) is 1.94. The fourth-order valence-electron chi connectivity index (χ4n) is 5.84. The van der Waals surface area contributed by atoms with Crippen molar-refractivity contribution >= 4 is 34.1 Å². The van der Waals surface area contributed by atoms with E-state index in [0.717, 1.165) is 41.0 Å². The van der Waals surface area contributed by atoms with Crippen LogP contribution < -0.4 is 10.1 Å². The van der Waals surface area contributed by atoms with Gasteiger partial charge in [0, 0.05) is 31.1 Å². The number of anilines is 1. The third-order valence-corrected chi connectivity index (χ3v) is 9.16. The fraction of sp³-hybridized carbons (Fsp3) is 0.367. The number of nitrogens with one attached hydrogen (secondary N) is 1. The molecular formula is C30H31N3O6S. The molecule has 2 N–H and O–H groups in total. The Balaban J connectivity index is 1.36. The lowest BCUT2D eigenvalue weighted by molar-refractivity contribution is 0.0344. The predicted octanol–water partition coefficient (Wildman–Crippen LogP) is 4.79. The van der Waals surface area contributed by atoms with Gasteiger partial charge in [-0.05, 0) is 61.1 Å². The third-order valence-electron chi connectivity index (χ3n) is 7.89.